The van der Waals surface area contributed by atoms with Gasteiger partial charge in [-0.1, -0.05) is 12.1 Å². The second-order valence-corrected chi connectivity index (χ2v) is 5.71. The van der Waals surface area contributed by atoms with Crippen molar-refractivity contribution in [1.82, 2.24) is 4.98 Å². The fraction of sp³-hybridized carbons (Fsp3) is 0.333. The molecule has 1 aliphatic heterocycles. The van der Waals surface area contributed by atoms with E-state index in [1.807, 2.05) is 6.07 Å². The Morgan fingerprint density at radius 2 is 2.15 bits per heavy atom. The molecule has 1 N–H and O–H groups in total. The molecule has 2 aromatic rings. The maximum atomic E-state index is 11.0. The predicted octanol–water partition coefficient (Wildman–Crippen LogP) is 3.40. The molecule has 0 atom stereocenters. The average molecular weight is 289 g/mol. The van der Waals surface area contributed by atoms with Gasteiger partial charge in [0.05, 0.1) is 11.3 Å². The number of ether oxygens (including phenoxy) is 1. The van der Waals surface area contributed by atoms with Crippen LogP contribution in [0.25, 0.3) is 10.6 Å². The number of hydrogen-bond acceptors (Lipinski definition) is 4. The molecule has 0 aliphatic carbocycles. The van der Waals surface area contributed by atoms with Gasteiger partial charge in [-0.15, -0.1) is 11.3 Å². The molecular weight excluding hydrogens is 274 g/mol. The summed E-state index contributed by atoms with van der Waals surface area (Å²) >= 11 is 1.57. The van der Waals surface area contributed by atoms with Crippen molar-refractivity contribution in [3.63, 3.8) is 0 Å². The van der Waals surface area contributed by atoms with Crippen molar-refractivity contribution in [2.24, 2.45) is 0 Å². The number of carboxylic acid groups (broad SMARTS) is 1. The monoisotopic (exact) mass is 289 g/mol. The van der Waals surface area contributed by atoms with Crippen molar-refractivity contribution in [2.45, 2.75) is 18.8 Å². The van der Waals surface area contributed by atoms with Crippen molar-refractivity contribution < 1.29 is 14.6 Å². The van der Waals surface area contributed by atoms with Crippen LogP contribution in [0.4, 0.5) is 0 Å². The lowest BCUT2D eigenvalue weighted by Gasteiger charge is -2.19. The Hall–Kier alpha value is -1.72. The van der Waals surface area contributed by atoms with Gasteiger partial charge in [-0.25, -0.2) is 9.78 Å². The standard InChI is InChI=1S/C15H15NO3S/c17-15(18)12-3-1-2-11(8-12)14-16-13(9-20-14)10-4-6-19-7-5-10/h1-3,8-10H,4-7H2,(H,17,18). The Bertz CT molecular complexity index is 617. The second kappa shape index (κ2) is 5.73. The summed E-state index contributed by atoms with van der Waals surface area (Å²) in [6, 6.07) is 6.93. The Balaban J connectivity index is 1.85. The maximum absolute atomic E-state index is 11.0. The van der Waals surface area contributed by atoms with Gasteiger partial charge in [0, 0.05) is 30.1 Å². The van der Waals surface area contributed by atoms with Crippen molar-refractivity contribution in [1.29, 1.82) is 0 Å². The summed E-state index contributed by atoms with van der Waals surface area (Å²) in [6.07, 6.45) is 2.02. The van der Waals surface area contributed by atoms with Crippen LogP contribution < -0.4 is 0 Å². The molecule has 1 aromatic heterocycles. The van der Waals surface area contributed by atoms with Crippen molar-refractivity contribution in [2.75, 3.05) is 13.2 Å². The first-order valence-corrected chi connectivity index (χ1v) is 7.49. The number of aromatic nitrogens is 1. The molecule has 20 heavy (non-hydrogen) atoms. The minimum absolute atomic E-state index is 0.297. The van der Waals surface area contributed by atoms with Gasteiger partial charge in [0.15, 0.2) is 0 Å². The highest BCUT2D eigenvalue weighted by atomic mass is 32.1. The zero-order chi connectivity index (χ0) is 13.9. The summed E-state index contributed by atoms with van der Waals surface area (Å²) in [4.78, 5) is 15.7. The molecule has 2 heterocycles. The first-order valence-electron chi connectivity index (χ1n) is 6.61. The molecule has 104 valence electrons. The Labute approximate surface area is 121 Å². The van der Waals surface area contributed by atoms with Gasteiger partial charge < -0.3 is 9.84 Å². The van der Waals surface area contributed by atoms with E-state index in [0.717, 1.165) is 42.3 Å². The van der Waals surface area contributed by atoms with E-state index >= 15 is 0 Å². The third kappa shape index (κ3) is 2.73. The third-order valence-electron chi connectivity index (χ3n) is 3.52. The predicted molar refractivity (Wildman–Crippen MR) is 77.3 cm³/mol. The number of thiazole rings is 1. The lowest BCUT2D eigenvalue weighted by atomic mass is 9.97. The van der Waals surface area contributed by atoms with E-state index in [0.29, 0.717) is 11.5 Å². The molecule has 4 nitrogen and oxygen atoms in total. The summed E-state index contributed by atoms with van der Waals surface area (Å²) in [7, 11) is 0. The minimum atomic E-state index is -0.909. The summed E-state index contributed by atoms with van der Waals surface area (Å²) in [5.74, 6) is -0.440. The maximum Gasteiger partial charge on any atom is 0.335 e. The normalized spacial score (nSPS) is 16.2. The first-order chi connectivity index (χ1) is 9.74. The molecule has 0 spiro atoms. The lowest BCUT2D eigenvalue weighted by Crippen LogP contribution is -2.14. The van der Waals surface area contributed by atoms with Crippen molar-refractivity contribution >= 4 is 17.3 Å². The highest BCUT2D eigenvalue weighted by Gasteiger charge is 2.19. The van der Waals surface area contributed by atoms with Crippen LogP contribution >= 0.6 is 11.3 Å². The minimum Gasteiger partial charge on any atom is -0.478 e. The Morgan fingerprint density at radius 1 is 1.35 bits per heavy atom. The molecule has 1 aliphatic rings. The summed E-state index contributed by atoms with van der Waals surface area (Å²) in [5, 5.41) is 12.0. The zero-order valence-corrected chi connectivity index (χ0v) is 11.7. The van der Waals surface area contributed by atoms with Gasteiger partial charge in [-0.05, 0) is 25.0 Å². The van der Waals surface area contributed by atoms with E-state index in [2.05, 4.69) is 10.4 Å². The van der Waals surface area contributed by atoms with Crippen LogP contribution in [0.2, 0.25) is 0 Å². The van der Waals surface area contributed by atoms with Crippen LogP contribution in [-0.4, -0.2) is 29.3 Å². The van der Waals surface area contributed by atoms with Crippen LogP contribution in [0.3, 0.4) is 0 Å². The van der Waals surface area contributed by atoms with E-state index in [4.69, 9.17) is 9.84 Å². The fourth-order valence-electron chi connectivity index (χ4n) is 2.38. The molecular formula is C15H15NO3S. The molecule has 0 amide bonds. The molecule has 0 unspecified atom stereocenters. The molecule has 1 fully saturated rings. The van der Waals surface area contributed by atoms with Crippen molar-refractivity contribution in [3.8, 4) is 10.6 Å². The van der Waals surface area contributed by atoms with E-state index in [1.54, 1.807) is 29.5 Å². The second-order valence-electron chi connectivity index (χ2n) is 4.85. The molecule has 5 heteroatoms. The van der Waals surface area contributed by atoms with Crippen LogP contribution in [0.1, 0.15) is 34.8 Å². The molecule has 1 aromatic carbocycles. The summed E-state index contributed by atoms with van der Waals surface area (Å²) in [5.41, 5.74) is 2.27. The number of rotatable bonds is 3. The fourth-order valence-corrected chi connectivity index (χ4v) is 3.28. The smallest absolute Gasteiger partial charge is 0.335 e. The summed E-state index contributed by atoms with van der Waals surface area (Å²) < 4.78 is 5.37. The van der Waals surface area contributed by atoms with Crippen LogP contribution in [0.5, 0.6) is 0 Å². The summed E-state index contributed by atoms with van der Waals surface area (Å²) in [6.45, 7) is 1.60. The van der Waals surface area contributed by atoms with Crippen molar-refractivity contribution in [3.05, 3.63) is 40.9 Å². The van der Waals surface area contributed by atoms with E-state index in [1.165, 1.54) is 0 Å². The molecule has 3 rings (SSSR count). The van der Waals surface area contributed by atoms with Gasteiger partial charge in [0.1, 0.15) is 5.01 Å². The third-order valence-corrected chi connectivity index (χ3v) is 4.43. The number of aromatic carboxylic acids is 1. The SMILES string of the molecule is O=C(O)c1cccc(-c2nc(C3CCOCC3)cs2)c1. The highest BCUT2D eigenvalue weighted by Crippen LogP contribution is 2.31. The number of hydrogen-bond donors (Lipinski definition) is 1. The molecule has 0 radical (unpaired) electrons. The zero-order valence-electron chi connectivity index (χ0n) is 10.9. The number of carbonyl (C=O) groups is 1. The topological polar surface area (TPSA) is 59.4 Å². The highest BCUT2D eigenvalue weighted by molar-refractivity contribution is 7.13. The average Bonchev–Trinajstić information content (AvgIpc) is 2.98. The quantitative estimate of drug-likeness (QED) is 0.940. The molecule has 0 saturated carbocycles. The largest absolute Gasteiger partial charge is 0.478 e. The van der Waals surface area contributed by atoms with Gasteiger partial charge in [0.25, 0.3) is 0 Å². The Kier molecular flexibility index (Phi) is 3.80. The van der Waals surface area contributed by atoms with Gasteiger partial charge in [-0.2, -0.15) is 0 Å². The van der Waals surface area contributed by atoms with E-state index in [9.17, 15) is 4.79 Å². The van der Waals surface area contributed by atoms with Gasteiger partial charge >= 0.3 is 5.97 Å². The number of carboxylic acids is 1. The lowest BCUT2D eigenvalue weighted by molar-refractivity contribution is 0.0697. The first kappa shape index (κ1) is 13.3. The number of benzene rings is 1. The molecule has 0 bridgehead atoms. The molecule has 1 saturated heterocycles. The van der Waals surface area contributed by atoms with E-state index in [-0.39, 0.29) is 0 Å². The van der Waals surface area contributed by atoms with Gasteiger partial charge in [0.2, 0.25) is 0 Å². The number of nitrogens with zero attached hydrogens (tertiary/aromatic N) is 1. The van der Waals surface area contributed by atoms with Gasteiger partial charge in [-0.3, -0.25) is 0 Å². The Morgan fingerprint density at radius 3 is 2.90 bits per heavy atom. The van der Waals surface area contributed by atoms with Crippen LogP contribution in [0.15, 0.2) is 29.6 Å². The van der Waals surface area contributed by atoms with E-state index < -0.39 is 5.97 Å². The van der Waals surface area contributed by atoms with Crippen LogP contribution in [0, 0.1) is 0 Å². The van der Waals surface area contributed by atoms with Crippen LogP contribution in [-0.2, 0) is 4.74 Å².